The van der Waals surface area contributed by atoms with Gasteiger partial charge in [0, 0.05) is 5.56 Å². The predicted molar refractivity (Wildman–Crippen MR) is 46.5 cm³/mol. The molecule has 0 fully saturated rings. The molecule has 0 unspecified atom stereocenters. The van der Waals surface area contributed by atoms with Gasteiger partial charge in [-0.1, -0.05) is 0 Å². The first-order chi connectivity index (χ1) is 6.61. The summed E-state index contributed by atoms with van der Waals surface area (Å²) in [4.78, 5) is 21.3. The van der Waals surface area contributed by atoms with Crippen LogP contribution < -0.4 is 0 Å². The monoisotopic (exact) mass is 191 g/mol. The van der Waals surface area contributed by atoms with Crippen molar-refractivity contribution < 1.29 is 14.0 Å². The summed E-state index contributed by atoms with van der Waals surface area (Å²) in [7, 11) is 0. The Morgan fingerprint density at radius 2 is 2.21 bits per heavy atom. The maximum absolute atomic E-state index is 13.4. The molecule has 0 aromatic heterocycles. The van der Waals surface area contributed by atoms with Crippen LogP contribution in [0.4, 0.5) is 4.39 Å². The fraction of sp³-hybridized carbons (Fsp3) is 0.100. The third-order valence-corrected chi connectivity index (χ3v) is 1.79. The number of halogens is 1. The summed E-state index contributed by atoms with van der Waals surface area (Å²) >= 11 is 0. The van der Waals surface area contributed by atoms with Gasteiger partial charge in [-0.15, -0.1) is 0 Å². The molecule has 0 amide bonds. The molecule has 0 aliphatic rings. The first-order valence-electron chi connectivity index (χ1n) is 3.80. The normalized spacial score (nSPS) is 9.21. The van der Waals surface area contributed by atoms with Crippen molar-refractivity contribution in [2.75, 3.05) is 0 Å². The molecule has 1 rings (SSSR count). The van der Waals surface area contributed by atoms with Crippen LogP contribution in [0.2, 0.25) is 0 Å². The Morgan fingerprint density at radius 1 is 1.57 bits per heavy atom. The van der Waals surface area contributed by atoms with Crippen molar-refractivity contribution in [2.45, 2.75) is 6.92 Å². The summed E-state index contributed by atoms with van der Waals surface area (Å²) < 4.78 is 13.4. The summed E-state index contributed by atoms with van der Waals surface area (Å²) in [5.74, 6) is -1.40. The molecule has 14 heavy (non-hydrogen) atoms. The quantitative estimate of drug-likeness (QED) is 0.528. The lowest BCUT2D eigenvalue weighted by Crippen LogP contribution is -2.02. The minimum absolute atomic E-state index is 0.0463. The largest absolute Gasteiger partial charge is 0.298 e. The van der Waals surface area contributed by atoms with Gasteiger partial charge in [0.05, 0.1) is 11.1 Å². The van der Waals surface area contributed by atoms with Gasteiger partial charge in [-0.2, -0.15) is 5.26 Å². The zero-order valence-corrected chi connectivity index (χ0v) is 7.37. The number of benzene rings is 1. The van der Waals surface area contributed by atoms with Crippen molar-refractivity contribution in [1.29, 1.82) is 5.26 Å². The number of nitrogens with zero attached hydrogens (tertiary/aromatic N) is 1. The number of nitriles is 1. The Labute approximate surface area is 79.8 Å². The predicted octanol–water partition coefficient (Wildman–Crippen LogP) is 1.71. The highest BCUT2D eigenvalue weighted by Gasteiger charge is 2.14. The van der Waals surface area contributed by atoms with Crippen LogP contribution in [0.1, 0.15) is 33.2 Å². The van der Waals surface area contributed by atoms with Crippen LogP contribution >= 0.6 is 0 Å². The van der Waals surface area contributed by atoms with Gasteiger partial charge in [-0.3, -0.25) is 9.59 Å². The molecule has 0 aliphatic heterocycles. The fourth-order valence-corrected chi connectivity index (χ4v) is 1.07. The Balaban J connectivity index is 3.52. The third kappa shape index (κ3) is 1.52. The summed E-state index contributed by atoms with van der Waals surface area (Å²) in [6, 6.07) is 4.00. The molecular weight excluding hydrogens is 185 g/mol. The Bertz CT molecular complexity index is 446. The van der Waals surface area contributed by atoms with Crippen molar-refractivity contribution in [3.8, 4) is 6.07 Å². The van der Waals surface area contributed by atoms with Crippen LogP contribution in [0.3, 0.4) is 0 Å². The molecule has 3 nitrogen and oxygen atoms in total. The number of hydrogen-bond donors (Lipinski definition) is 0. The first-order valence-corrected chi connectivity index (χ1v) is 3.80. The Hall–Kier alpha value is -2.02. The summed E-state index contributed by atoms with van der Waals surface area (Å²) in [5, 5.41) is 8.58. The van der Waals surface area contributed by atoms with E-state index in [-0.39, 0.29) is 16.7 Å². The van der Waals surface area contributed by atoms with Gasteiger partial charge in [0.25, 0.3) is 0 Å². The van der Waals surface area contributed by atoms with E-state index in [1.54, 1.807) is 6.07 Å². The number of carbonyl (C=O) groups is 2. The molecule has 0 saturated heterocycles. The number of ketones is 1. The highest BCUT2D eigenvalue weighted by molar-refractivity contribution is 5.96. The average Bonchev–Trinajstić information content (AvgIpc) is 2.16. The second-order valence-electron chi connectivity index (χ2n) is 2.68. The van der Waals surface area contributed by atoms with Crippen LogP contribution in [0, 0.1) is 17.1 Å². The molecule has 70 valence electrons. The molecule has 1 aromatic rings. The molecule has 0 N–H and O–H groups in total. The third-order valence-electron chi connectivity index (χ3n) is 1.79. The number of hydrogen-bond acceptors (Lipinski definition) is 3. The summed E-state index contributed by atoms with van der Waals surface area (Å²) in [6.07, 6.45) is 0.381. The summed E-state index contributed by atoms with van der Waals surface area (Å²) in [6.45, 7) is 1.19. The van der Waals surface area contributed by atoms with Crippen molar-refractivity contribution in [3.63, 3.8) is 0 Å². The maximum atomic E-state index is 13.4. The van der Waals surface area contributed by atoms with Crippen molar-refractivity contribution in [1.82, 2.24) is 0 Å². The highest BCUT2D eigenvalue weighted by atomic mass is 19.1. The molecule has 0 spiro atoms. The van der Waals surface area contributed by atoms with E-state index in [9.17, 15) is 14.0 Å². The number of aldehydes is 1. The van der Waals surface area contributed by atoms with E-state index < -0.39 is 11.6 Å². The minimum atomic E-state index is -0.926. The molecule has 4 heteroatoms. The van der Waals surface area contributed by atoms with Gasteiger partial charge in [0.15, 0.2) is 17.9 Å². The van der Waals surface area contributed by atoms with Gasteiger partial charge in [-0.25, -0.2) is 4.39 Å². The number of carbonyl (C=O) groups excluding carboxylic acids is 2. The molecule has 0 atom stereocenters. The van der Waals surface area contributed by atoms with Crippen molar-refractivity contribution in [3.05, 3.63) is 34.6 Å². The SMILES string of the molecule is CC(=O)c1ccc(C=O)c(C#N)c1F. The molecule has 0 radical (unpaired) electrons. The lowest BCUT2D eigenvalue weighted by Gasteiger charge is -2.01. The van der Waals surface area contributed by atoms with Crippen LogP contribution in [-0.4, -0.2) is 12.1 Å². The van der Waals surface area contributed by atoms with E-state index in [2.05, 4.69) is 0 Å². The van der Waals surface area contributed by atoms with Gasteiger partial charge in [0.2, 0.25) is 0 Å². The molecule has 0 heterocycles. The van der Waals surface area contributed by atoms with Gasteiger partial charge in [-0.05, 0) is 19.1 Å². The molecule has 0 aliphatic carbocycles. The van der Waals surface area contributed by atoms with E-state index in [1.165, 1.54) is 19.1 Å². The zero-order valence-electron chi connectivity index (χ0n) is 7.37. The van der Waals surface area contributed by atoms with Gasteiger partial charge in [0.1, 0.15) is 6.07 Å². The second-order valence-corrected chi connectivity index (χ2v) is 2.68. The number of Topliss-reactive ketones (excluding diaryl/α,β-unsaturated/α-hetero) is 1. The zero-order chi connectivity index (χ0) is 10.7. The first kappa shape index (κ1) is 10.1. The van der Waals surface area contributed by atoms with Crippen LogP contribution in [0.25, 0.3) is 0 Å². The fourth-order valence-electron chi connectivity index (χ4n) is 1.07. The van der Waals surface area contributed by atoms with Gasteiger partial charge < -0.3 is 0 Å². The van der Waals surface area contributed by atoms with Crippen molar-refractivity contribution >= 4 is 12.1 Å². The molecular formula is C10H6FNO2. The van der Waals surface area contributed by atoms with Crippen LogP contribution in [0.15, 0.2) is 12.1 Å². The molecule has 0 saturated carbocycles. The molecule has 0 bridgehead atoms. The van der Waals surface area contributed by atoms with E-state index in [0.717, 1.165) is 0 Å². The highest BCUT2D eigenvalue weighted by Crippen LogP contribution is 2.16. The van der Waals surface area contributed by atoms with Crippen LogP contribution in [0.5, 0.6) is 0 Å². The summed E-state index contributed by atoms with van der Waals surface area (Å²) in [5.41, 5.74) is -0.602. The smallest absolute Gasteiger partial charge is 0.162 e. The standard InChI is InChI=1S/C10H6FNO2/c1-6(14)8-3-2-7(5-13)9(4-12)10(8)11/h2-3,5H,1H3. The molecule has 1 aromatic carbocycles. The van der Waals surface area contributed by atoms with E-state index in [4.69, 9.17) is 5.26 Å². The lowest BCUT2D eigenvalue weighted by atomic mass is 10.0. The van der Waals surface area contributed by atoms with Crippen molar-refractivity contribution in [2.24, 2.45) is 0 Å². The van der Waals surface area contributed by atoms with Crippen LogP contribution in [-0.2, 0) is 0 Å². The maximum Gasteiger partial charge on any atom is 0.162 e. The minimum Gasteiger partial charge on any atom is -0.298 e. The van der Waals surface area contributed by atoms with Gasteiger partial charge >= 0.3 is 0 Å². The van der Waals surface area contributed by atoms with E-state index in [0.29, 0.717) is 6.29 Å². The lowest BCUT2D eigenvalue weighted by molar-refractivity contribution is 0.101. The topological polar surface area (TPSA) is 57.9 Å². The van der Waals surface area contributed by atoms with E-state index in [1.807, 2.05) is 0 Å². The van der Waals surface area contributed by atoms with E-state index >= 15 is 0 Å². The Morgan fingerprint density at radius 3 is 2.64 bits per heavy atom. The Kier molecular flexibility index (Phi) is 2.73. The number of rotatable bonds is 2. The second kappa shape index (κ2) is 3.79. The average molecular weight is 191 g/mol.